The van der Waals surface area contributed by atoms with Crippen molar-refractivity contribution in [3.05, 3.63) is 40.9 Å². The molecule has 0 radical (unpaired) electrons. The van der Waals surface area contributed by atoms with Crippen LogP contribution in [0.3, 0.4) is 0 Å². The van der Waals surface area contributed by atoms with Crippen molar-refractivity contribution in [2.45, 2.75) is 13.5 Å². The molecular formula is C16H17ClN4O3. The molecule has 1 aromatic heterocycles. The highest BCUT2D eigenvalue weighted by Crippen LogP contribution is 2.25. The molecule has 1 aromatic carbocycles. The van der Waals surface area contributed by atoms with Crippen molar-refractivity contribution in [3.63, 3.8) is 0 Å². The summed E-state index contributed by atoms with van der Waals surface area (Å²) < 4.78 is 5.73. The summed E-state index contributed by atoms with van der Waals surface area (Å²) in [6.45, 7) is 3.01. The van der Waals surface area contributed by atoms with Crippen LogP contribution in [0.15, 0.2) is 28.7 Å². The molecule has 126 valence electrons. The van der Waals surface area contributed by atoms with Gasteiger partial charge in [0.05, 0.1) is 12.2 Å². The Bertz CT molecular complexity index is 757. The molecule has 1 saturated heterocycles. The highest BCUT2D eigenvalue weighted by atomic mass is 35.5. The summed E-state index contributed by atoms with van der Waals surface area (Å²) in [6, 6.07) is 6.95. The van der Waals surface area contributed by atoms with E-state index in [2.05, 4.69) is 15.6 Å². The summed E-state index contributed by atoms with van der Waals surface area (Å²) in [7, 11) is 0. The average molecular weight is 349 g/mol. The monoisotopic (exact) mass is 348 g/mol. The van der Waals surface area contributed by atoms with Crippen LogP contribution in [0.25, 0.3) is 11.3 Å². The minimum Gasteiger partial charge on any atom is -0.438 e. The standard InChI is InChI=1S/C16H17ClN4O3/c1-10-15(11-2-4-12(17)5-3-11)24-14(20-10)8-19-16(23)21-7-6-18-13(22)9-21/h2-5H,6-9H2,1H3,(H,18,22)(H,19,23). The summed E-state index contributed by atoms with van der Waals surface area (Å²) in [4.78, 5) is 29.2. The Balaban J connectivity index is 1.64. The largest absolute Gasteiger partial charge is 0.438 e. The van der Waals surface area contributed by atoms with E-state index in [0.29, 0.717) is 29.8 Å². The van der Waals surface area contributed by atoms with Crippen LogP contribution in [0.2, 0.25) is 5.02 Å². The highest BCUT2D eigenvalue weighted by molar-refractivity contribution is 6.30. The lowest BCUT2D eigenvalue weighted by molar-refractivity contribution is -0.123. The number of piperazine rings is 1. The van der Waals surface area contributed by atoms with Crippen LogP contribution in [0.4, 0.5) is 4.79 Å². The quantitative estimate of drug-likeness (QED) is 0.887. The first-order valence-electron chi connectivity index (χ1n) is 7.54. The van der Waals surface area contributed by atoms with Crippen LogP contribution < -0.4 is 10.6 Å². The molecule has 0 unspecified atom stereocenters. The number of hydrogen-bond acceptors (Lipinski definition) is 4. The van der Waals surface area contributed by atoms with E-state index in [0.717, 1.165) is 11.3 Å². The molecule has 1 aliphatic heterocycles. The van der Waals surface area contributed by atoms with Crippen LogP contribution in [0, 0.1) is 6.92 Å². The fraction of sp³-hybridized carbons (Fsp3) is 0.312. The molecule has 0 spiro atoms. The van der Waals surface area contributed by atoms with Crippen molar-refractivity contribution in [1.29, 1.82) is 0 Å². The van der Waals surface area contributed by atoms with Gasteiger partial charge in [-0.15, -0.1) is 0 Å². The number of nitrogens with one attached hydrogen (secondary N) is 2. The molecular weight excluding hydrogens is 332 g/mol. The normalized spacial score (nSPS) is 14.4. The molecule has 1 fully saturated rings. The number of carbonyl (C=O) groups is 2. The van der Waals surface area contributed by atoms with Crippen molar-refractivity contribution in [2.75, 3.05) is 19.6 Å². The second kappa shape index (κ2) is 6.92. The molecule has 2 heterocycles. The van der Waals surface area contributed by atoms with Crippen molar-refractivity contribution >= 4 is 23.5 Å². The highest BCUT2D eigenvalue weighted by Gasteiger charge is 2.21. The zero-order valence-corrected chi connectivity index (χ0v) is 13.9. The van der Waals surface area contributed by atoms with Crippen LogP contribution in [0.5, 0.6) is 0 Å². The SMILES string of the molecule is Cc1nc(CNC(=O)N2CCNC(=O)C2)oc1-c1ccc(Cl)cc1. The first-order valence-corrected chi connectivity index (χ1v) is 7.92. The van der Waals surface area contributed by atoms with Crippen LogP contribution in [-0.4, -0.2) is 41.5 Å². The third-order valence-electron chi connectivity index (χ3n) is 3.66. The number of urea groups is 1. The maximum absolute atomic E-state index is 12.1. The number of amides is 3. The fourth-order valence-electron chi connectivity index (χ4n) is 2.47. The van der Waals surface area contributed by atoms with Gasteiger partial charge < -0.3 is 20.0 Å². The van der Waals surface area contributed by atoms with Gasteiger partial charge in [0.1, 0.15) is 6.54 Å². The van der Waals surface area contributed by atoms with Crippen LogP contribution >= 0.6 is 11.6 Å². The molecule has 3 amide bonds. The van der Waals surface area contributed by atoms with Gasteiger partial charge >= 0.3 is 6.03 Å². The Kier molecular flexibility index (Phi) is 4.71. The van der Waals surface area contributed by atoms with Gasteiger partial charge in [-0.3, -0.25) is 4.79 Å². The third-order valence-corrected chi connectivity index (χ3v) is 3.92. The van der Waals surface area contributed by atoms with E-state index in [-0.39, 0.29) is 25.0 Å². The average Bonchev–Trinajstić information content (AvgIpc) is 2.94. The Morgan fingerprint density at radius 1 is 1.42 bits per heavy atom. The van der Waals surface area contributed by atoms with E-state index in [1.807, 2.05) is 19.1 Å². The summed E-state index contributed by atoms with van der Waals surface area (Å²) in [5.41, 5.74) is 1.61. The molecule has 0 aliphatic carbocycles. The van der Waals surface area contributed by atoms with Gasteiger partial charge in [-0.2, -0.15) is 0 Å². The van der Waals surface area contributed by atoms with Crippen LogP contribution in [-0.2, 0) is 11.3 Å². The van der Waals surface area contributed by atoms with Gasteiger partial charge in [0.15, 0.2) is 5.76 Å². The van der Waals surface area contributed by atoms with Crippen molar-refractivity contribution < 1.29 is 14.0 Å². The van der Waals surface area contributed by atoms with E-state index in [1.165, 1.54) is 4.90 Å². The Morgan fingerprint density at radius 3 is 2.88 bits per heavy atom. The third kappa shape index (κ3) is 3.68. The van der Waals surface area contributed by atoms with Crippen molar-refractivity contribution in [3.8, 4) is 11.3 Å². The molecule has 24 heavy (non-hydrogen) atoms. The Hall–Kier alpha value is -2.54. The first-order chi connectivity index (χ1) is 11.5. The number of halogens is 1. The maximum Gasteiger partial charge on any atom is 0.318 e. The lowest BCUT2D eigenvalue weighted by Crippen LogP contribution is -2.52. The molecule has 2 aromatic rings. The van der Waals surface area contributed by atoms with E-state index < -0.39 is 0 Å². The molecule has 8 heteroatoms. The lowest BCUT2D eigenvalue weighted by atomic mass is 10.1. The van der Waals surface area contributed by atoms with Gasteiger partial charge in [0, 0.05) is 23.7 Å². The second-order valence-corrected chi connectivity index (χ2v) is 5.90. The van der Waals surface area contributed by atoms with Gasteiger partial charge in [-0.1, -0.05) is 11.6 Å². The smallest absolute Gasteiger partial charge is 0.318 e. The van der Waals surface area contributed by atoms with Crippen LogP contribution in [0.1, 0.15) is 11.6 Å². The summed E-state index contributed by atoms with van der Waals surface area (Å²) >= 11 is 5.89. The topological polar surface area (TPSA) is 87.5 Å². The predicted octanol–water partition coefficient (Wildman–Crippen LogP) is 1.94. The molecule has 0 atom stereocenters. The molecule has 3 rings (SSSR count). The predicted molar refractivity (Wildman–Crippen MR) is 88.5 cm³/mol. The molecule has 2 N–H and O–H groups in total. The van der Waals surface area contributed by atoms with Gasteiger partial charge in [0.25, 0.3) is 0 Å². The van der Waals surface area contributed by atoms with Gasteiger partial charge in [-0.25, -0.2) is 9.78 Å². The fourth-order valence-corrected chi connectivity index (χ4v) is 2.60. The van der Waals surface area contributed by atoms with Gasteiger partial charge in [0.2, 0.25) is 11.8 Å². The van der Waals surface area contributed by atoms with Gasteiger partial charge in [-0.05, 0) is 31.2 Å². The number of aryl methyl sites for hydroxylation is 1. The van der Waals surface area contributed by atoms with E-state index in [4.69, 9.17) is 16.0 Å². The zero-order valence-electron chi connectivity index (χ0n) is 13.1. The molecule has 1 aliphatic rings. The number of nitrogens with zero attached hydrogens (tertiary/aromatic N) is 2. The van der Waals surface area contributed by atoms with E-state index in [9.17, 15) is 9.59 Å². The maximum atomic E-state index is 12.1. The van der Waals surface area contributed by atoms with E-state index in [1.54, 1.807) is 12.1 Å². The zero-order chi connectivity index (χ0) is 17.1. The second-order valence-electron chi connectivity index (χ2n) is 5.46. The number of carbonyl (C=O) groups excluding carboxylic acids is 2. The van der Waals surface area contributed by atoms with Crippen molar-refractivity contribution in [1.82, 2.24) is 20.5 Å². The lowest BCUT2D eigenvalue weighted by Gasteiger charge is -2.26. The number of hydrogen-bond donors (Lipinski definition) is 2. The number of rotatable bonds is 3. The Labute approximate surface area is 144 Å². The summed E-state index contributed by atoms with van der Waals surface area (Å²) in [5, 5.41) is 6.04. The Morgan fingerprint density at radius 2 is 2.17 bits per heavy atom. The number of aromatic nitrogens is 1. The number of oxazole rings is 1. The molecule has 0 bridgehead atoms. The van der Waals surface area contributed by atoms with Crippen molar-refractivity contribution in [2.24, 2.45) is 0 Å². The first kappa shape index (κ1) is 16.3. The molecule has 0 saturated carbocycles. The minimum atomic E-state index is -0.311. The molecule has 7 nitrogen and oxygen atoms in total. The summed E-state index contributed by atoms with van der Waals surface area (Å²) in [5.74, 6) is 0.897. The van der Waals surface area contributed by atoms with E-state index >= 15 is 0 Å². The summed E-state index contributed by atoms with van der Waals surface area (Å²) in [6.07, 6.45) is 0. The number of benzene rings is 1. The minimum absolute atomic E-state index is 0.0620.